The zero-order valence-corrected chi connectivity index (χ0v) is 11.6. The predicted octanol–water partition coefficient (Wildman–Crippen LogP) is 2.27. The van der Waals surface area contributed by atoms with Crippen molar-refractivity contribution in [3.8, 4) is 0 Å². The first-order valence-electron chi connectivity index (χ1n) is 4.77. The van der Waals surface area contributed by atoms with Crippen molar-refractivity contribution in [3.63, 3.8) is 0 Å². The topological polar surface area (TPSA) is 89.3 Å². The van der Waals surface area contributed by atoms with E-state index in [-0.39, 0.29) is 20.4 Å². The molecule has 1 rings (SSSR count). The van der Waals surface area contributed by atoms with Gasteiger partial charge in [-0.05, 0) is 20.8 Å². The molecule has 0 saturated heterocycles. The Bertz CT molecular complexity index is 540. The molecule has 1 N–H and O–H groups in total. The predicted molar refractivity (Wildman–Crippen MR) is 67.5 cm³/mol. The second kappa shape index (κ2) is 4.26. The van der Waals surface area contributed by atoms with Crippen LogP contribution in [0.5, 0.6) is 0 Å². The lowest BCUT2D eigenvalue weighted by Gasteiger charge is -2.20. The molecule has 0 unspecified atom stereocenters. The van der Waals surface area contributed by atoms with Crippen LogP contribution < -0.4 is 5.32 Å². The molecule has 0 radical (unpaired) electrons. The van der Waals surface area contributed by atoms with Crippen LogP contribution in [-0.4, -0.2) is 25.1 Å². The third kappa shape index (κ3) is 3.67. The Balaban J connectivity index is 3.29. The summed E-state index contributed by atoms with van der Waals surface area (Å²) in [5.41, 5.74) is -0.574. The van der Waals surface area contributed by atoms with E-state index in [9.17, 15) is 18.5 Å². The largest absolute Gasteiger partial charge is 0.367 e. The number of nitrogens with one attached hydrogen (secondary N) is 1. The van der Waals surface area contributed by atoms with Crippen molar-refractivity contribution >= 4 is 31.9 Å². The van der Waals surface area contributed by atoms with Crippen LogP contribution in [0.3, 0.4) is 0 Å². The summed E-state index contributed by atoms with van der Waals surface area (Å²) in [6.07, 6.45) is 1.03. The van der Waals surface area contributed by atoms with E-state index in [0.717, 1.165) is 23.7 Å². The van der Waals surface area contributed by atoms with Gasteiger partial charge in [0.1, 0.15) is 4.21 Å². The summed E-state index contributed by atoms with van der Waals surface area (Å²) in [5.74, 6) is 0. The Hall–Kier alpha value is -1.15. The van der Waals surface area contributed by atoms with E-state index in [1.165, 1.54) is 0 Å². The van der Waals surface area contributed by atoms with Gasteiger partial charge < -0.3 is 5.32 Å². The Kier molecular flexibility index (Phi) is 3.49. The summed E-state index contributed by atoms with van der Waals surface area (Å²) >= 11 is 0.881. The zero-order valence-electron chi connectivity index (χ0n) is 9.97. The molecule has 17 heavy (non-hydrogen) atoms. The maximum absolute atomic E-state index is 11.3. The SMILES string of the molecule is CC(C)(C)Nc1sc(S(C)(=O)=O)cc1[N+](=O)[O-]. The molecule has 1 aromatic rings. The fourth-order valence-corrected chi connectivity index (χ4v) is 3.26. The molecule has 0 amide bonds. The highest BCUT2D eigenvalue weighted by molar-refractivity contribution is 7.92. The Morgan fingerprint density at radius 3 is 2.29 bits per heavy atom. The van der Waals surface area contributed by atoms with E-state index in [0.29, 0.717) is 0 Å². The standard InChI is InChI=1S/C9H14N2O4S2/c1-9(2,3)10-8-6(11(12)13)5-7(16-8)17(4,14)15/h5,10H,1-4H3. The van der Waals surface area contributed by atoms with Crippen molar-refractivity contribution in [3.05, 3.63) is 16.2 Å². The van der Waals surface area contributed by atoms with Crippen LogP contribution in [0.4, 0.5) is 10.7 Å². The number of hydrogen-bond donors (Lipinski definition) is 1. The molecule has 0 atom stereocenters. The van der Waals surface area contributed by atoms with E-state index in [4.69, 9.17) is 0 Å². The summed E-state index contributed by atoms with van der Waals surface area (Å²) in [6.45, 7) is 5.53. The van der Waals surface area contributed by atoms with Crippen LogP contribution in [0.15, 0.2) is 10.3 Å². The third-order valence-electron chi connectivity index (χ3n) is 1.74. The van der Waals surface area contributed by atoms with E-state index in [1.54, 1.807) is 0 Å². The molecule has 0 aliphatic heterocycles. The highest BCUT2D eigenvalue weighted by Gasteiger charge is 2.26. The summed E-state index contributed by atoms with van der Waals surface area (Å²) in [7, 11) is -3.42. The van der Waals surface area contributed by atoms with Gasteiger partial charge in [-0.2, -0.15) is 0 Å². The highest BCUT2D eigenvalue weighted by atomic mass is 32.2. The van der Waals surface area contributed by atoms with Gasteiger partial charge in [0.25, 0.3) is 0 Å². The van der Waals surface area contributed by atoms with Crippen molar-refractivity contribution in [2.45, 2.75) is 30.5 Å². The van der Waals surface area contributed by atoms with E-state index < -0.39 is 14.8 Å². The fraction of sp³-hybridized carbons (Fsp3) is 0.556. The molecule has 8 heteroatoms. The molecule has 0 fully saturated rings. The molecular formula is C9H14N2O4S2. The average molecular weight is 278 g/mol. The van der Waals surface area contributed by atoms with E-state index in [1.807, 2.05) is 20.8 Å². The Morgan fingerprint density at radius 2 is 1.94 bits per heavy atom. The molecule has 1 aromatic heterocycles. The van der Waals surface area contributed by atoms with Crippen molar-refractivity contribution < 1.29 is 13.3 Å². The van der Waals surface area contributed by atoms with Crippen LogP contribution in [0.25, 0.3) is 0 Å². The minimum Gasteiger partial charge on any atom is -0.367 e. The maximum atomic E-state index is 11.3. The van der Waals surface area contributed by atoms with Gasteiger partial charge in [-0.1, -0.05) is 11.3 Å². The number of hydrogen-bond acceptors (Lipinski definition) is 6. The molecule has 0 spiro atoms. The van der Waals surface area contributed by atoms with E-state index >= 15 is 0 Å². The number of nitrogens with zero attached hydrogens (tertiary/aromatic N) is 1. The van der Waals surface area contributed by atoms with Crippen LogP contribution >= 0.6 is 11.3 Å². The molecule has 0 aliphatic carbocycles. The number of thiophene rings is 1. The minimum absolute atomic E-state index is 0.00375. The van der Waals surface area contributed by atoms with E-state index in [2.05, 4.69) is 5.32 Å². The fourth-order valence-electron chi connectivity index (χ4n) is 1.11. The van der Waals surface area contributed by atoms with Crippen molar-refractivity contribution in [2.24, 2.45) is 0 Å². The maximum Gasteiger partial charge on any atom is 0.304 e. The minimum atomic E-state index is -3.42. The van der Waals surface area contributed by atoms with Gasteiger partial charge in [-0.3, -0.25) is 10.1 Å². The second-order valence-corrected chi connectivity index (χ2v) is 7.98. The van der Waals surface area contributed by atoms with Gasteiger partial charge in [-0.25, -0.2) is 8.42 Å². The van der Waals surface area contributed by atoms with Crippen molar-refractivity contribution in [2.75, 3.05) is 11.6 Å². The number of sulfone groups is 1. The molecule has 0 bridgehead atoms. The van der Waals surface area contributed by atoms with Crippen LogP contribution in [-0.2, 0) is 9.84 Å². The molecule has 0 aliphatic rings. The van der Waals surface area contributed by atoms with Crippen LogP contribution in [0.1, 0.15) is 20.8 Å². The van der Waals surface area contributed by atoms with Gasteiger partial charge in [-0.15, -0.1) is 0 Å². The van der Waals surface area contributed by atoms with Gasteiger partial charge in [0.05, 0.1) is 4.92 Å². The van der Waals surface area contributed by atoms with Crippen LogP contribution in [0.2, 0.25) is 0 Å². The molecule has 0 aromatic carbocycles. The first-order valence-corrected chi connectivity index (χ1v) is 7.48. The summed E-state index contributed by atoms with van der Waals surface area (Å²) in [4.78, 5) is 10.2. The second-order valence-electron chi connectivity index (χ2n) is 4.68. The Morgan fingerprint density at radius 1 is 1.41 bits per heavy atom. The first kappa shape index (κ1) is 13.9. The lowest BCUT2D eigenvalue weighted by atomic mass is 10.1. The summed E-state index contributed by atoms with van der Waals surface area (Å²) in [6, 6.07) is 1.09. The van der Waals surface area contributed by atoms with Crippen molar-refractivity contribution in [1.82, 2.24) is 0 Å². The Labute approximate surface area is 104 Å². The number of anilines is 1. The average Bonchev–Trinajstić information content (AvgIpc) is 2.43. The molecule has 6 nitrogen and oxygen atoms in total. The van der Waals surface area contributed by atoms with Gasteiger partial charge in [0.15, 0.2) is 14.8 Å². The normalized spacial score (nSPS) is 12.5. The highest BCUT2D eigenvalue weighted by Crippen LogP contribution is 2.38. The quantitative estimate of drug-likeness (QED) is 0.676. The molecule has 96 valence electrons. The van der Waals surface area contributed by atoms with Gasteiger partial charge in [0.2, 0.25) is 0 Å². The summed E-state index contributed by atoms with van der Waals surface area (Å²) in [5, 5.41) is 14.0. The van der Waals surface area contributed by atoms with Gasteiger partial charge in [0, 0.05) is 17.9 Å². The molecular weight excluding hydrogens is 264 g/mol. The van der Waals surface area contributed by atoms with Crippen molar-refractivity contribution in [1.29, 1.82) is 0 Å². The molecule has 1 heterocycles. The monoisotopic (exact) mass is 278 g/mol. The van der Waals surface area contributed by atoms with Gasteiger partial charge >= 0.3 is 5.69 Å². The number of nitro groups is 1. The summed E-state index contributed by atoms with van der Waals surface area (Å²) < 4.78 is 22.7. The smallest absolute Gasteiger partial charge is 0.304 e. The first-order chi connectivity index (χ1) is 7.50. The third-order valence-corrected chi connectivity index (χ3v) is 4.58. The number of rotatable bonds is 3. The van der Waals surface area contributed by atoms with Crippen LogP contribution in [0, 0.1) is 10.1 Å². The lowest BCUT2D eigenvalue weighted by molar-refractivity contribution is -0.383. The lowest BCUT2D eigenvalue weighted by Crippen LogP contribution is -2.25. The zero-order chi connectivity index (χ0) is 13.4. The molecule has 0 saturated carbocycles.